The molecule has 10 nitrogen and oxygen atoms in total. The van der Waals surface area contributed by atoms with Crippen LogP contribution >= 0.6 is 0 Å². The minimum atomic E-state index is 0. The predicted octanol–water partition coefficient (Wildman–Crippen LogP) is 7.14. The van der Waals surface area contributed by atoms with Gasteiger partial charge in [-0.3, -0.25) is 0 Å². The number of terminal acetylenes is 1. The molecule has 0 saturated heterocycles. The molecule has 1 aromatic heterocycles. The van der Waals surface area contributed by atoms with E-state index in [4.69, 9.17) is 41.9 Å². The molecule has 0 aliphatic rings. The van der Waals surface area contributed by atoms with E-state index in [2.05, 4.69) is 123 Å². The molecule has 0 bridgehead atoms. The quantitative estimate of drug-likeness (QED) is 0.127. The minimum Gasteiger partial charge on any atom is -0.493 e. The molecule has 1 heterocycles. The topological polar surface area (TPSA) is 151 Å². The molecule has 0 unspecified atom stereocenters. The van der Waals surface area contributed by atoms with E-state index >= 15 is 0 Å². The van der Waals surface area contributed by atoms with Gasteiger partial charge in [-0.05, 0) is 162 Å². The zero-order valence-electron chi connectivity index (χ0n) is 27.7. The highest BCUT2D eigenvalue weighted by Gasteiger charge is 2.12. The molecule has 2 N–H and O–H groups in total. The molecule has 2 aromatic carbocycles. The number of nitrogens with zero attached hydrogens (tertiary/aromatic N) is 4. The van der Waals surface area contributed by atoms with Crippen LogP contribution in [0.3, 0.4) is 0 Å². The first-order valence-corrected chi connectivity index (χ1v) is 13.7. The van der Waals surface area contributed by atoms with Gasteiger partial charge in [-0.25, -0.2) is 9.97 Å². The number of aromatic nitrogens is 2. The van der Waals surface area contributed by atoms with Gasteiger partial charge < -0.3 is 14.8 Å². The van der Waals surface area contributed by atoms with Crippen LogP contribution < -0.4 is 14.8 Å². The van der Waals surface area contributed by atoms with Gasteiger partial charge in [0, 0.05) is 29.7 Å². The first kappa shape index (κ1) is 41.7. The van der Waals surface area contributed by atoms with Crippen molar-refractivity contribution in [3.8, 4) is 142 Å². The summed E-state index contributed by atoms with van der Waals surface area (Å²) in [6.07, 6.45) is 5.30. The summed E-state index contributed by atoms with van der Waals surface area (Å²) >= 11 is 0. The Morgan fingerprint density at radius 1 is 0.740 bits per heavy atom. The van der Waals surface area contributed by atoms with E-state index in [0.717, 1.165) is 33.7 Å². The highest BCUT2D eigenvalue weighted by molar-refractivity contribution is 5.82. The molecule has 0 atom stereocenters. The number of nitrogens with one attached hydrogen (secondary N) is 2. The van der Waals surface area contributed by atoms with E-state index in [-0.39, 0.29) is 8.56 Å². The molecule has 0 aliphatic carbocycles. The van der Waals surface area contributed by atoms with Gasteiger partial charge in [-0.15, -0.1) is 12.0 Å². The van der Waals surface area contributed by atoms with Crippen LogP contribution in [0.25, 0.3) is 32.7 Å². The summed E-state index contributed by atoms with van der Waals surface area (Å²) in [4.78, 5) is 25.2. The lowest BCUT2D eigenvalue weighted by Crippen LogP contribution is -2.00. The van der Waals surface area contributed by atoms with Crippen LogP contribution in [0.1, 0.15) is 28.1 Å². The van der Waals surface area contributed by atoms with Crippen LogP contribution in [0.15, 0.2) is 36.4 Å². The number of rotatable bonds is 5. The third-order valence-electron chi connectivity index (χ3n) is 5.08. The van der Waals surface area contributed by atoms with Crippen molar-refractivity contribution >= 4 is 16.7 Å². The molecule has 0 saturated carbocycles. The van der Waals surface area contributed by atoms with Gasteiger partial charge in [-0.2, -0.15) is 0 Å². The fourth-order valence-corrected chi connectivity index (χ4v) is 3.23. The van der Waals surface area contributed by atoms with Gasteiger partial charge in [0.05, 0.1) is 43.2 Å². The van der Waals surface area contributed by atoms with Gasteiger partial charge in [-0.1, -0.05) is 17.8 Å². The number of ether oxygens (including phenoxy) is 2. The van der Waals surface area contributed by atoms with Gasteiger partial charge in [0.25, 0.3) is 0 Å². The van der Waals surface area contributed by atoms with E-state index < -0.39 is 0 Å². The van der Waals surface area contributed by atoms with Crippen LogP contribution in [0.4, 0.5) is 5.69 Å². The smallest absolute Gasteiger partial charge is 0.161 e. The second kappa shape index (κ2) is 28.2. The van der Waals surface area contributed by atoms with Gasteiger partial charge in [0.1, 0.15) is 0 Å². The lowest BCUT2D eigenvalue weighted by Gasteiger charge is -2.12. The Morgan fingerprint density at radius 2 is 1.20 bits per heavy atom. The number of benzene rings is 2. The van der Waals surface area contributed by atoms with Crippen molar-refractivity contribution in [3.05, 3.63) is 62.5 Å². The van der Waals surface area contributed by atoms with Crippen LogP contribution in [0, 0.1) is 141 Å². The minimum absolute atomic E-state index is 0. The zero-order chi connectivity index (χ0) is 37.2. The Balaban J connectivity index is -0.000000143. The molecule has 10 heteroatoms. The standard InChI is InChI=1S/C20H19N3O2.C20H6.HN3.O2.6H2/c1-5-10-21-15-7-8-16-17(12-15)23-20(13(2)22-16)14-6-9-18(24-3)19(11-14)25-4;1-3-5-7-9-11-13-15-17-19-20-18-16-14-12-10-8-6-4-2;1-3-2;1-2;;;;;;/h1,6-9,11-12,21H,10H2,2-4H3;1-2H3;1H;;6*1H. The lowest BCUT2D eigenvalue weighted by atomic mass is 10.1. The Kier molecular flexibility index (Phi) is 23.5. The van der Waals surface area contributed by atoms with E-state index in [9.17, 15) is 0 Å². The van der Waals surface area contributed by atoms with Crippen molar-refractivity contribution in [2.45, 2.75) is 20.8 Å². The summed E-state index contributed by atoms with van der Waals surface area (Å²) in [7, 11) is 3.23. The van der Waals surface area contributed by atoms with Crippen LogP contribution in [0.2, 0.25) is 0 Å². The molecule has 0 spiro atoms. The average Bonchev–Trinajstić information content (AvgIpc) is 3.14. The maximum absolute atomic E-state index is 7.00. The second-order valence-corrected chi connectivity index (χ2v) is 8.09. The normalized spacial score (nSPS) is 6.96. The number of hydrogen-bond donors (Lipinski definition) is 2. The summed E-state index contributed by atoms with van der Waals surface area (Å²) < 4.78 is 10.7. The largest absolute Gasteiger partial charge is 0.493 e. The summed E-state index contributed by atoms with van der Waals surface area (Å²) in [5, 5.41) is 3.15. The summed E-state index contributed by atoms with van der Waals surface area (Å²) in [5.74, 6) is 49.5. The van der Waals surface area contributed by atoms with E-state index in [1.165, 1.54) is 0 Å². The molecule has 3 aromatic rings. The van der Waals surface area contributed by atoms with Crippen molar-refractivity contribution in [1.29, 1.82) is 5.53 Å². The number of anilines is 1. The molecule has 50 heavy (non-hydrogen) atoms. The number of hydrogen-bond acceptors (Lipinski definition) is 8. The Bertz CT molecular complexity index is 2270. The number of fused-ring (bicyclic) bond motifs is 1. The maximum Gasteiger partial charge on any atom is 0.161 e. The van der Waals surface area contributed by atoms with Gasteiger partial charge in [0.2, 0.25) is 0 Å². The van der Waals surface area contributed by atoms with Crippen LogP contribution in [-0.2, 0) is 0 Å². The summed E-state index contributed by atoms with van der Waals surface area (Å²) in [6.45, 7) is 5.82. The highest BCUT2D eigenvalue weighted by atomic mass is 16.7. The first-order chi connectivity index (χ1) is 24.5. The van der Waals surface area contributed by atoms with Crippen LogP contribution in [0.5, 0.6) is 11.5 Å². The predicted molar refractivity (Wildman–Crippen MR) is 210 cm³/mol. The van der Waals surface area contributed by atoms with Crippen molar-refractivity contribution in [2.24, 2.45) is 0 Å². The molecule has 0 radical (unpaired) electrons. The monoisotopic (exact) mass is 666 g/mol. The van der Waals surface area contributed by atoms with Gasteiger partial charge >= 0.3 is 0 Å². The molecule has 0 amide bonds. The number of methoxy groups -OCH3 is 2. The average molecular weight is 667 g/mol. The molecule has 0 fully saturated rings. The Labute approximate surface area is 301 Å². The maximum atomic E-state index is 7.00. The van der Waals surface area contributed by atoms with Crippen LogP contribution in [-0.4, -0.2) is 30.7 Å². The highest BCUT2D eigenvalue weighted by Crippen LogP contribution is 2.33. The van der Waals surface area contributed by atoms with Crippen molar-refractivity contribution in [3.63, 3.8) is 0 Å². The van der Waals surface area contributed by atoms with Gasteiger partial charge in [0.15, 0.2) is 11.5 Å². The molecule has 0 aliphatic heterocycles. The fraction of sp³-hybridized carbons (Fsp3) is 0.150. The molecule has 252 valence electrons. The van der Waals surface area contributed by atoms with E-state index in [1.54, 1.807) is 33.0 Å². The van der Waals surface area contributed by atoms with E-state index in [0.29, 0.717) is 18.0 Å². The third kappa shape index (κ3) is 17.2. The SMILES string of the molecule is C#CCNc1ccc2nc(C)c(-c3ccc(OC)c(OC)c3)nc2c1.CC#CC#CC#CC#CC#CC#CC#CC#CC#CC.O=O.[HH].[HH].[HH].[HH].[HH].[HH].[N-]=[N+]=N. The third-order valence-corrected chi connectivity index (χ3v) is 5.08. The molecule has 3 rings (SSSR count). The zero-order valence-corrected chi connectivity index (χ0v) is 27.7. The van der Waals surface area contributed by atoms with E-state index in [1.807, 2.05) is 43.3 Å². The van der Waals surface area contributed by atoms with Crippen molar-refractivity contribution < 1.29 is 18.0 Å². The van der Waals surface area contributed by atoms with Crippen molar-refractivity contribution in [1.82, 2.24) is 9.97 Å². The Morgan fingerprint density at radius 3 is 1.62 bits per heavy atom. The second-order valence-electron chi connectivity index (χ2n) is 8.09. The number of aryl methyl sites for hydroxylation is 1. The molecular formula is C40H38N6O4. The first-order valence-electron chi connectivity index (χ1n) is 13.7. The molecular weight excluding hydrogens is 628 g/mol. The van der Waals surface area contributed by atoms with Crippen molar-refractivity contribution in [2.75, 3.05) is 26.1 Å². The summed E-state index contributed by atoms with van der Waals surface area (Å²) in [5.41, 5.74) is 17.4. The lowest BCUT2D eigenvalue weighted by molar-refractivity contribution is 0.355. The fourth-order valence-electron chi connectivity index (χ4n) is 3.23. The summed E-state index contributed by atoms with van der Waals surface area (Å²) in [6, 6.07) is 11.6. The Hall–Kier alpha value is -8.31.